The summed E-state index contributed by atoms with van der Waals surface area (Å²) in [6.45, 7) is 8.39. The Balaban J connectivity index is 1.77. The largest absolute Gasteiger partial charge is 0.335 e. The molecule has 0 aromatic heterocycles. The zero-order valence-electron chi connectivity index (χ0n) is 12.5. The number of nitrogens with zero attached hydrogens (tertiary/aromatic N) is 2. The molecule has 2 aliphatic rings. The van der Waals surface area contributed by atoms with Crippen molar-refractivity contribution >= 4 is 6.03 Å². The van der Waals surface area contributed by atoms with Crippen molar-refractivity contribution in [2.75, 3.05) is 26.2 Å². The lowest BCUT2D eigenvalue weighted by Crippen LogP contribution is -2.46. The molecule has 4 nitrogen and oxygen atoms in total. The highest BCUT2D eigenvalue weighted by atomic mass is 16.2. The normalized spacial score (nSPS) is 25.0. The quantitative estimate of drug-likeness (QED) is 0.849. The summed E-state index contributed by atoms with van der Waals surface area (Å²) >= 11 is 0. The predicted octanol–water partition coefficient (Wildman–Crippen LogP) is 2.44. The van der Waals surface area contributed by atoms with Gasteiger partial charge in [0.25, 0.3) is 0 Å². The van der Waals surface area contributed by atoms with Gasteiger partial charge in [-0.1, -0.05) is 33.1 Å². The van der Waals surface area contributed by atoms with E-state index in [1.165, 1.54) is 32.1 Å². The summed E-state index contributed by atoms with van der Waals surface area (Å²) in [6.07, 6.45) is 7.33. The van der Waals surface area contributed by atoms with Crippen molar-refractivity contribution < 1.29 is 4.79 Å². The average molecular weight is 267 g/mol. The molecule has 0 bridgehead atoms. The Morgan fingerprint density at radius 1 is 1.16 bits per heavy atom. The third-order valence-corrected chi connectivity index (χ3v) is 4.71. The van der Waals surface area contributed by atoms with Gasteiger partial charge in [-0.3, -0.25) is 4.90 Å². The van der Waals surface area contributed by atoms with Gasteiger partial charge in [0.2, 0.25) is 0 Å². The Bertz CT molecular complexity index is 285. The van der Waals surface area contributed by atoms with Crippen molar-refractivity contribution in [2.45, 2.75) is 64.5 Å². The van der Waals surface area contributed by atoms with E-state index in [0.717, 1.165) is 32.6 Å². The lowest BCUT2D eigenvalue weighted by Gasteiger charge is -2.28. The van der Waals surface area contributed by atoms with Crippen molar-refractivity contribution in [3.63, 3.8) is 0 Å². The lowest BCUT2D eigenvalue weighted by molar-refractivity contribution is 0.187. The zero-order valence-corrected chi connectivity index (χ0v) is 12.5. The Labute approximate surface area is 117 Å². The molecule has 1 saturated carbocycles. The van der Waals surface area contributed by atoms with Crippen LogP contribution in [0.5, 0.6) is 0 Å². The van der Waals surface area contributed by atoms with E-state index in [-0.39, 0.29) is 6.03 Å². The van der Waals surface area contributed by atoms with E-state index in [9.17, 15) is 4.79 Å². The molecule has 4 heteroatoms. The molecule has 2 amide bonds. The van der Waals surface area contributed by atoms with E-state index in [1.54, 1.807) is 0 Å². The Morgan fingerprint density at radius 3 is 2.47 bits per heavy atom. The van der Waals surface area contributed by atoms with Crippen molar-refractivity contribution in [3.8, 4) is 0 Å². The summed E-state index contributed by atoms with van der Waals surface area (Å²) in [4.78, 5) is 16.7. The number of hydrogen-bond donors (Lipinski definition) is 1. The zero-order chi connectivity index (χ0) is 13.7. The molecule has 1 heterocycles. The van der Waals surface area contributed by atoms with E-state index in [0.29, 0.717) is 12.1 Å². The highest BCUT2D eigenvalue weighted by Crippen LogP contribution is 2.19. The molecule has 2 fully saturated rings. The van der Waals surface area contributed by atoms with Gasteiger partial charge < -0.3 is 10.2 Å². The Morgan fingerprint density at radius 2 is 1.84 bits per heavy atom. The minimum atomic E-state index is 0.168. The fraction of sp³-hybridized carbons (Fsp3) is 0.933. The summed E-state index contributed by atoms with van der Waals surface area (Å²) in [6, 6.07) is 1.16. The lowest BCUT2D eigenvalue weighted by atomic mass is 9.96. The molecule has 0 aromatic rings. The first-order valence-corrected chi connectivity index (χ1v) is 8.04. The van der Waals surface area contributed by atoms with Gasteiger partial charge >= 0.3 is 6.03 Å². The molecule has 0 radical (unpaired) electrons. The van der Waals surface area contributed by atoms with Crippen molar-refractivity contribution in [3.05, 3.63) is 0 Å². The van der Waals surface area contributed by atoms with E-state index in [2.05, 4.69) is 24.1 Å². The van der Waals surface area contributed by atoms with Gasteiger partial charge in [-0.05, 0) is 32.4 Å². The van der Waals surface area contributed by atoms with E-state index in [4.69, 9.17) is 0 Å². The maximum atomic E-state index is 12.3. The molecule has 0 spiro atoms. The molecule has 0 aromatic carbocycles. The van der Waals surface area contributed by atoms with Crippen molar-refractivity contribution in [2.24, 2.45) is 0 Å². The first-order chi connectivity index (χ1) is 9.24. The molecule has 1 saturated heterocycles. The van der Waals surface area contributed by atoms with Crippen LogP contribution in [0.15, 0.2) is 0 Å². The van der Waals surface area contributed by atoms with Crippen LogP contribution >= 0.6 is 0 Å². The summed E-state index contributed by atoms with van der Waals surface area (Å²) in [5, 5.41) is 3.22. The molecule has 19 heavy (non-hydrogen) atoms. The summed E-state index contributed by atoms with van der Waals surface area (Å²) in [5.74, 6) is 0. The molecular weight excluding hydrogens is 238 g/mol. The van der Waals surface area contributed by atoms with Gasteiger partial charge in [0.15, 0.2) is 0 Å². The van der Waals surface area contributed by atoms with E-state index in [1.807, 2.05) is 4.90 Å². The number of likely N-dealkylation sites (N-methyl/N-ethyl adjacent to an activating group) is 1. The van der Waals surface area contributed by atoms with Crippen LogP contribution in [0, 0.1) is 0 Å². The Hall–Kier alpha value is -0.770. The molecule has 1 atom stereocenters. The highest BCUT2D eigenvalue weighted by molar-refractivity contribution is 5.74. The van der Waals surface area contributed by atoms with Gasteiger partial charge in [-0.25, -0.2) is 4.79 Å². The van der Waals surface area contributed by atoms with E-state index < -0.39 is 0 Å². The maximum Gasteiger partial charge on any atom is 0.317 e. The fourth-order valence-corrected chi connectivity index (χ4v) is 3.48. The maximum absolute atomic E-state index is 12.3. The number of amides is 2. The number of carbonyl (C=O) groups is 1. The third-order valence-electron chi connectivity index (χ3n) is 4.71. The monoisotopic (exact) mass is 267 g/mol. The van der Waals surface area contributed by atoms with Crippen LogP contribution in [-0.2, 0) is 0 Å². The van der Waals surface area contributed by atoms with Crippen LogP contribution in [0.1, 0.15) is 52.4 Å². The average Bonchev–Trinajstić information content (AvgIpc) is 2.91. The SMILES string of the molecule is CCN(CC)C1CCN(C(=O)NC2CCCCC2)C1. The first kappa shape index (κ1) is 14.6. The minimum absolute atomic E-state index is 0.168. The van der Waals surface area contributed by atoms with Crippen LogP contribution in [0.3, 0.4) is 0 Å². The van der Waals surface area contributed by atoms with Gasteiger partial charge in [-0.2, -0.15) is 0 Å². The summed E-state index contributed by atoms with van der Waals surface area (Å²) < 4.78 is 0. The standard InChI is InChI=1S/C15H29N3O/c1-3-17(4-2)14-10-11-18(12-14)15(19)16-13-8-6-5-7-9-13/h13-14H,3-12H2,1-2H3,(H,16,19). The number of likely N-dealkylation sites (tertiary alicyclic amines) is 1. The summed E-state index contributed by atoms with van der Waals surface area (Å²) in [7, 11) is 0. The van der Waals surface area contributed by atoms with Crippen molar-refractivity contribution in [1.82, 2.24) is 15.1 Å². The predicted molar refractivity (Wildman–Crippen MR) is 78.3 cm³/mol. The second-order valence-corrected chi connectivity index (χ2v) is 5.89. The molecule has 1 N–H and O–H groups in total. The number of carbonyl (C=O) groups excluding carboxylic acids is 1. The van der Waals surface area contributed by atoms with E-state index >= 15 is 0 Å². The molecular formula is C15H29N3O. The van der Waals surface area contributed by atoms with Crippen molar-refractivity contribution in [1.29, 1.82) is 0 Å². The smallest absolute Gasteiger partial charge is 0.317 e. The molecule has 1 aliphatic heterocycles. The van der Waals surface area contributed by atoms with Crippen LogP contribution < -0.4 is 5.32 Å². The summed E-state index contributed by atoms with van der Waals surface area (Å²) in [5.41, 5.74) is 0. The van der Waals surface area contributed by atoms with Gasteiger partial charge in [0.1, 0.15) is 0 Å². The highest BCUT2D eigenvalue weighted by Gasteiger charge is 2.30. The number of hydrogen-bond acceptors (Lipinski definition) is 2. The topological polar surface area (TPSA) is 35.6 Å². The minimum Gasteiger partial charge on any atom is -0.335 e. The number of rotatable bonds is 4. The fourth-order valence-electron chi connectivity index (χ4n) is 3.48. The second kappa shape index (κ2) is 7.13. The molecule has 1 aliphatic carbocycles. The van der Waals surface area contributed by atoms with Crippen LogP contribution in [0.4, 0.5) is 4.79 Å². The van der Waals surface area contributed by atoms with Crippen LogP contribution in [0.2, 0.25) is 0 Å². The molecule has 2 rings (SSSR count). The molecule has 1 unspecified atom stereocenters. The first-order valence-electron chi connectivity index (χ1n) is 8.04. The number of urea groups is 1. The number of nitrogens with one attached hydrogen (secondary N) is 1. The molecule has 110 valence electrons. The second-order valence-electron chi connectivity index (χ2n) is 5.89. The van der Waals surface area contributed by atoms with Gasteiger partial charge in [-0.15, -0.1) is 0 Å². The van der Waals surface area contributed by atoms with Crippen LogP contribution in [-0.4, -0.2) is 54.1 Å². The third kappa shape index (κ3) is 3.85. The van der Waals surface area contributed by atoms with Gasteiger partial charge in [0, 0.05) is 25.2 Å². The van der Waals surface area contributed by atoms with Crippen LogP contribution in [0.25, 0.3) is 0 Å². The Kier molecular flexibility index (Phi) is 5.49. The van der Waals surface area contributed by atoms with Gasteiger partial charge in [0.05, 0.1) is 0 Å².